The number of para-hydroxylation sites is 1. The minimum atomic E-state index is -0.593. The number of hydrogen-bond donors (Lipinski definition) is 1. The van der Waals surface area contributed by atoms with Gasteiger partial charge in [-0.15, -0.1) is 4.68 Å². The van der Waals surface area contributed by atoms with Crippen molar-refractivity contribution in [3.63, 3.8) is 0 Å². The summed E-state index contributed by atoms with van der Waals surface area (Å²) in [6.45, 7) is 0.426. The van der Waals surface area contributed by atoms with Crippen LogP contribution in [-0.4, -0.2) is 15.9 Å². The van der Waals surface area contributed by atoms with E-state index in [0.717, 1.165) is 20.1 Å². The van der Waals surface area contributed by atoms with E-state index in [1.165, 1.54) is 11.6 Å². The van der Waals surface area contributed by atoms with Crippen molar-refractivity contribution < 1.29 is 4.74 Å². The normalized spacial score (nSPS) is 11.4. The minimum Gasteiger partial charge on any atom is -0.488 e. The van der Waals surface area contributed by atoms with Crippen LogP contribution in [0.3, 0.4) is 0 Å². The lowest BCUT2D eigenvalue weighted by molar-refractivity contribution is 0.305. The number of H-pyrrole nitrogens is 1. The van der Waals surface area contributed by atoms with E-state index in [9.17, 15) is 9.59 Å². The molecule has 6 nitrogen and oxygen atoms in total. The Labute approximate surface area is 196 Å². The fourth-order valence-electron chi connectivity index (χ4n) is 3.67. The molecule has 0 saturated heterocycles. The molecule has 1 N–H and O–H groups in total. The van der Waals surface area contributed by atoms with E-state index < -0.39 is 11.2 Å². The Hall–Kier alpha value is -3.97. The molecule has 0 bridgehead atoms. The summed E-state index contributed by atoms with van der Waals surface area (Å²) < 4.78 is 7.60. The molecule has 0 radical (unpaired) electrons. The van der Waals surface area contributed by atoms with Gasteiger partial charge in [-0.05, 0) is 68.2 Å². The van der Waals surface area contributed by atoms with Gasteiger partial charge in [-0.3, -0.25) is 4.79 Å². The maximum atomic E-state index is 12.6. The second-order valence-corrected chi connectivity index (χ2v) is 8.31. The first-order valence-corrected chi connectivity index (χ1v) is 11.1. The van der Waals surface area contributed by atoms with Crippen LogP contribution in [0.15, 0.2) is 104 Å². The zero-order chi connectivity index (χ0) is 22.8. The maximum Gasteiger partial charge on any atom is 0.349 e. The number of fused-ring (bicyclic) bond motifs is 2. The van der Waals surface area contributed by atoms with E-state index in [-0.39, 0.29) is 0 Å². The highest BCUT2D eigenvalue weighted by molar-refractivity contribution is 9.10. The second-order valence-electron chi connectivity index (χ2n) is 7.45. The van der Waals surface area contributed by atoms with Crippen molar-refractivity contribution in [3.05, 3.63) is 121 Å². The largest absolute Gasteiger partial charge is 0.488 e. The number of aromatic nitrogens is 2. The number of ether oxygens (including phenoxy) is 1. The molecule has 0 unspecified atom stereocenters. The fourth-order valence-corrected chi connectivity index (χ4v) is 4.18. The molecular formula is C26H18BrN3O3. The predicted molar refractivity (Wildman–Crippen MR) is 134 cm³/mol. The van der Waals surface area contributed by atoms with Gasteiger partial charge in [-0.25, -0.2) is 4.79 Å². The van der Waals surface area contributed by atoms with Gasteiger partial charge in [0.1, 0.15) is 12.4 Å². The van der Waals surface area contributed by atoms with Crippen LogP contribution in [0.1, 0.15) is 11.1 Å². The Morgan fingerprint density at radius 3 is 2.52 bits per heavy atom. The molecule has 7 heteroatoms. The molecule has 162 valence electrons. The molecular weight excluding hydrogens is 482 g/mol. The first-order chi connectivity index (χ1) is 16.1. The van der Waals surface area contributed by atoms with Crippen LogP contribution in [0.4, 0.5) is 0 Å². The van der Waals surface area contributed by atoms with Crippen molar-refractivity contribution in [1.82, 2.24) is 9.66 Å². The molecule has 0 aliphatic heterocycles. The van der Waals surface area contributed by atoms with Crippen LogP contribution in [0.2, 0.25) is 0 Å². The molecule has 33 heavy (non-hydrogen) atoms. The smallest absolute Gasteiger partial charge is 0.349 e. The van der Waals surface area contributed by atoms with Gasteiger partial charge in [-0.1, -0.05) is 54.6 Å². The molecule has 0 amide bonds. The Morgan fingerprint density at radius 2 is 1.67 bits per heavy atom. The van der Waals surface area contributed by atoms with Crippen molar-refractivity contribution >= 4 is 43.8 Å². The van der Waals surface area contributed by atoms with Gasteiger partial charge in [0.2, 0.25) is 0 Å². The molecule has 0 fully saturated rings. The summed E-state index contributed by atoms with van der Waals surface area (Å²) in [7, 11) is 0. The number of halogens is 1. The number of aromatic amines is 1. The first-order valence-electron chi connectivity index (χ1n) is 10.3. The second kappa shape index (κ2) is 8.88. The highest BCUT2D eigenvalue weighted by Gasteiger charge is 2.07. The molecule has 0 atom stereocenters. The van der Waals surface area contributed by atoms with E-state index >= 15 is 0 Å². The van der Waals surface area contributed by atoms with Crippen LogP contribution in [0.5, 0.6) is 5.75 Å². The van der Waals surface area contributed by atoms with Crippen molar-refractivity contribution in [3.8, 4) is 5.75 Å². The maximum absolute atomic E-state index is 12.6. The molecule has 1 aromatic heterocycles. The summed E-state index contributed by atoms with van der Waals surface area (Å²) in [6, 6.07) is 26.6. The van der Waals surface area contributed by atoms with Gasteiger partial charge in [0.15, 0.2) is 0 Å². The number of rotatable bonds is 5. The molecule has 1 heterocycles. The van der Waals surface area contributed by atoms with E-state index in [1.54, 1.807) is 24.3 Å². The van der Waals surface area contributed by atoms with Gasteiger partial charge in [0.05, 0.1) is 21.6 Å². The first kappa shape index (κ1) is 20.9. The van der Waals surface area contributed by atoms with Crippen molar-refractivity contribution in [2.24, 2.45) is 5.10 Å². The zero-order valence-corrected chi connectivity index (χ0v) is 19.0. The molecule has 0 aliphatic rings. The Bertz CT molecular complexity index is 1630. The molecule has 4 aromatic carbocycles. The highest BCUT2D eigenvalue weighted by Crippen LogP contribution is 2.27. The van der Waals surface area contributed by atoms with E-state index in [4.69, 9.17) is 4.74 Å². The van der Waals surface area contributed by atoms with Crippen molar-refractivity contribution in [2.75, 3.05) is 0 Å². The van der Waals surface area contributed by atoms with E-state index in [1.807, 2.05) is 36.4 Å². The Kier molecular flexibility index (Phi) is 5.62. The lowest BCUT2D eigenvalue weighted by Crippen LogP contribution is -2.32. The predicted octanol–water partition coefficient (Wildman–Crippen LogP) is 5.07. The van der Waals surface area contributed by atoms with Gasteiger partial charge < -0.3 is 9.72 Å². The lowest BCUT2D eigenvalue weighted by Gasteiger charge is -2.11. The molecule has 0 aliphatic carbocycles. The molecule has 0 spiro atoms. The van der Waals surface area contributed by atoms with Crippen LogP contribution in [0, 0.1) is 0 Å². The number of nitrogens with one attached hydrogen (secondary N) is 1. The average molecular weight is 500 g/mol. The Morgan fingerprint density at radius 1 is 0.909 bits per heavy atom. The SMILES string of the molecule is O=c1[nH]c2ccccc2c(=O)n1N=Cc1ccc(OCc2cccc3ccccc23)c(Br)c1. The van der Waals surface area contributed by atoms with Gasteiger partial charge in [0, 0.05) is 0 Å². The van der Waals surface area contributed by atoms with Gasteiger partial charge >= 0.3 is 5.69 Å². The number of benzene rings is 4. The van der Waals surface area contributed by atoms with Gasteiger partial charge in [0.25, 0.3) is 5.56 Å². The Balaban J connectivity index is 1.37. The molecule has 0 saturated carbocycles. The average Bonchev–Trinajstić information content (AvgIpc) is 2.83. The summed E-state index contributed by atoms with van der Waals surface area (Å²) in [4.78, 5) is 27.5. The molecule has 5 rings (SSSR count). The lowest BCUT2D eigenvalue weighted by atomic mass is 10.1. The fraction of sp³-hybridized carbons (Fsp3) is 0.0385. The monoisotopic (exact) mass is 499 g/mol. The van der Waals surface area contributed by atoms with Crippen LogP contribution in [0.25, 0.3) is 21.7 Å². The third kappa shape index (κ3) is 4.23. The quantitative estimate of drug-likeness (QED) is 0.343. The van der Waals surface area contributed by atoms with Gasteiger partial charge in [-0.2, -0.15) is 5.10 Å². The third-order valence-electron chi connectivity index (χ3n) is 5.33. The summed E-state index contributed by atoms with van der Waals surface area (Å²) in [6.07, 6.45) is 1.46. The van der Waals surface area contributed by atoms with Crippen molar-refractivity contribution in [1.29, 1.82) is 0 Å². The van der Waals surface area contributed by atoms with Crippen LogP contribution >= 0.6 is 15.9 Å². The summed E-state index contributed by atoms with van der Waals surface area (Å²) >= 11 is 3.54. The highest BCUT2D eigenvalue weighted by atomic mass is 79.9. The standard InChI is InChI=1S/C26H18BrN3O3/c27-22-14-17(15-28-30-25(31)21-10-3-4-11-23(21)29-26(30)32)12-13-24(22)33-16-19-8-5-7-18-6-1-2-9-20(18)19/h1-15H,16H2,(H,29,32). The molecule has 5 aromatic rings. The number of hydrogen-bond acceptors (Lipinski definition) is 4. The van der Waals surface area contributed by atoms with E-state index in [2.05, 4.69) is 50.3 Å². The van der Waals surface area contributed by atoms with Crippen LogP contribution < -0.4 is 16.0 Å². The topological polar surface area (TPSA) is 76.5 Å². The zero-order valence-electron chi connectivity index (χ0n) is 17.4. The van der Waals surface area contributed by atoms with E-state index in [0.29, 0.717) is 28.8 Å². The summed E-state index contributed by atoms with van der Waals surface area (Å²) in [5.41, 5.74) is 1.22. The third-order valence-corrected chi connectivity index (χ3v) is 5.94. The summed E-state index contributed by atoms with van der Waals surface area (Å²) in [5, 5.41) is 6.82. The van der Waals surface area contributed by atoms with Crippen LogP contribution in [-0.2, 0) is 6.61 Å². The van der Waals surface area contributed by atoms with Crippen molar-refractivity contribution in [2.45, 2.75) is 6.61 Å². The number of nitrogens with zero attached hydrogens (tertiary/aromatic N) is 2. The minimum absolute atomic E-state index is 0.396. The summed E-state index contributed by atoms with van der Waals surface area (Å²) in [5.74, 6) is 0.681.